The van der Waals surface area contributed by atoms with E-state index >= 15 is 0 Å². The maximum absolute atomic E-state index is 6.16. The fraction of sp³-hybridized carbons (Fsp3) is 0.400. The maximum Gasteiger partial charge on any atom is 0.180 e. The molecule has 254 valence electrons. The second kappa shape index (κ2) is 19.1. The Labute approximate surface area is 287 Å². The van der Waals surface area contributed by atoms with Gasteiger partial charge in [0.25, 0.3) is 0 Å². The Morgan fingerprint density at radius 3 is 2.15 bits per heavy atom. The number of ether oxygens (including phenoxy) is 4. The van der Waals surface area contributed by atoms with Crippen molar-refractivity contribution in [1.29, 1.82) is 0 Å². The van der Waals surface area contributed by atoms with Gasteiger partial charge in [0.05, 0.1) is 25.8 Å². The Hall–Kier alpha value is -3.81. The van der Waals surface area contributed by atoms with Crippen LogP contribution in [0.3, 0.4) is 0 Å². The van der Waals surface area contributed by atoms with E-state index in [-0.39, 0.29) is 0 Å². The third kappa shape index (κ3) is 10.9. The highest BCUT2D eigenvalue weighted by molar-refractivity contribution is 7.95. The van der Waals surface area contributed by atoms with Crippen molar-refractivity contribution in [3.8, 4) is 17.2 Å². The molecule has 6 rings (SSSR count). The molecule has 0 amide bonds. The van der Waals surface area contributed by atoms with E-state index in [0.29, 0.717) is 25.9 Å². The smallest absolute Gasteiger partial charge is 0.180 e. The van der Waals surface area contributed by atoms with Gasteiger partial charge in [-0.15, -0.1) is 0 Å². The van der Waals surface area contributed by atoms with Crippen LogP contribution in [0.4, 0.5) is 0 Å². The van der Waals surface area contributed by atoms with Gasteiger partial charge >= 0.3 is 0 Å². The second-order valence-corrected chi connectivity index (χ2v) is 12.2. The van der Waals surface area contributed by atoms with Crippen LogP contribution in [0.25, 0.3) is 0 Å². The first-order chi connectivity index (χ1) is 22.7. The zero-order valence-corrected chi connectivity index (χ0v) is 30.4. The molecular formula is C40H53NO5S. The van der Waals surface area contributed by atoms with Crippen LogP contribution in [0, 0.1) is 6.92 Å². The number of methoxy groups -OCH3 is 1. The SMILES string of the molecule is C=CC(=C)C.CC.CC1=C(C)OCCO1.CCOc1cc2c(cc1OSc1ccc(C)cc1)CN1CCc3cc(OC)ccc3C1C2. The van der Waals surface area contributed by atoms with E-state index in [1.807, 2.05) is 41.5 Å². The van der Waals surface area contributed by atoms with Crippen molar-refractivity contribution in [3.63, 3.8) is 0 Å². The van der Waals surface area contributed by atoms with E-state index in [1.165, 1.54) is 39.9 Å². The number of hydrogen-bond acceptors (Lipinski definition) is 7. The molecule has 0 saturated heterocycles. The minimum atomic E-state index is 0.403. The summed E-state index contributed by atoms with van der Waals surface area (Å²) in [5, 5.41) is 0. The normalized spacial score (nSPS) is 15.9. The lowest BCUT2D eigenvalue weighted by atomic mass is 9.84. The summed E-state index contributed by atoms with van der Waals surface area (Å²) in [7, 11) is 1.74. The van der Waals surface area contributed by atoms with E-state index in [9.17, 15) is 0 Å². The molecule has 6 nitrogen and oxygen atoms in total. The lowest BCUT2D eigenvalue weighted by Crippen LogP contribution is -2.39. The van der Waals surface area contributed by atoms with Crippen LogP contribution in [-0.2, 0) is 28.9 Å². The van der Waals surface area contributed by atoms with Gasteiger partial charge in [-0.2, -0.15) is 0 Å². The molecule has 0 spiro atoms. The van der Waals surface area contributed by atoms with E-state index < -0.39 is 0 Å². The molecule has 0 aliphatic carbocycles. The first kappa shape index (κ1) is 37.6. The zero-order valence-electron chi connectivity index (χ0n) is 29.6. The molecule has 1 unspecified atom stereocenters. The van der Waals surface area contributed by atoms with Crippen molar-refractivity contribution in [1.82, 2.24) is 4.90 Å². The molecule has 3 aromatic rings. The predicted octanol–water partition coefficient (Wildman–Crippen LogP) is 10.2. The van der Waals surface area contributed by atoms with E-state index in [4.69, 9.17) is 23.1 Å². The van der Waals surface area contributed by atoms with Crippen molar-refractivity contribution in [2.75, 3.05) is 33.5 Å². The van der Waals surface area contributed by atoms with Gasteiger partial charge in [0, 0.05) is 24.0 Å². The highest BCUT2D eigenvalue weighted by atomic mass is 32.2. The third-order valence-electron chi connectivity index (χ3n) is 7.98. The highest BCUT2D eigenvalue weighted by Crippen LogP contribution is 2.43. The zero-order chi connectivity index (χ0) is 34.3. The average Bonchev–Trinajstić information content (AvgIpc) is 3.09. The van der Waals surface area contributed by atoms with Gasteiger partial charge in [0.1, 0.15) is 30.5 Å². The van der Waals surface area contributed by atoms with Crippen molar-refractivity contribution in [3.05, 3.63) is 119 Å². The molecule has 0 aromatic heterocycles. The van der Waals surface area contributed by atoms with Gasteiger partial charge in [0.2, 0.25) is 0 Å². The predicted molar refractivity (Wildman–Crippen MR) is 195 cm³/mol. The molecule has 3 aromatic carbocycles. The molecule has 3 aliphatic rings. The molecule has 0 fully saturated rings. The number of nitrogens with zero attached hydrogens (tertiary/aromatic N) is 1. The van der Waals surface area contributed by atoms with Crippen molar-refractivity contribution >= 4 is 12.0 Å². The fourth-order valence-electron chi connectivity index (χ4n) is 5.32. The second-order valence-electron chi connectivity index (χ2n) is 11.3. The standard InChI is InChI=1S/C27H29NO3S.C6H10O2.C5H8.C2H6/c1-4-30-26-15-20-14-25-24-10-7-22(29-3)13-19(24)11-12-28(25)17-21(20)16-27(26)31-32-23-8-5-18(2)6-9-23;1-5-6(2)8-4-3-7-5;1-4-5(2)3;1-2/h5-10,13,15-16,25H,4,11-12,14,17H2,1-3H3;3-4H2,1-2H3;4H,1-2H2,3H3;1-2H3. The molecule has 0 N–H and O–H groups in total. The molecule has 3 heterocycles. The van der Waals surface area contributed by atoms with Gasteiger partial charge in [-0.05, 0) is 106 Å². The van der Waals surface area contributed by atoms with Crippen molar-refractivity contribution in [2.24, 2.45) is 0 Å². The molecule has 0 saturated carbocycles. The third-order valence-corrected chi connectivity index (χ3v) is 8.71. The molecule has 1 atom stereocenters. The fourth-order valence-corrected chi connectivity index (χ4v) is 5.88. The topological polar surface area (TPSA) is 49.4 Å². The van der Waals surface area contributed by atoms with Gasteiger partial charge in [0.15, 0.2) is 11.5 Å². The quantitative estimate of drug-likeness (QED) is 0.185. The van der Waals surface area contributed by atoms with Crippen molar-refractivity contribution in [2.45, 2.75) is 78.8 Å². The Kier molecular flexibility index (Phi) is 15.3. The number of rotatable bonds is 7. The summed E-state index contributed by atoms with van der Waals surface area (Å²) in [5.74, 6) is 4.40. The summed E-state index contributed by atoms with van der Waals surface area (Å²) in [6, 6.07) is 19.7. The minimum absolute atomic E-state index is 0.403. The lowest BCUT2D eigenvalue weighted by molar-refractivity contribution is 0.0648. The summed E-state index contributed by atoms with van der Waals surface area (Å²) in [5.41, 5.74) is 7.79. The number of allylic oxidation sites excluding steroid dienone is 4. The summed E-state index contributed by atoms with van der Waals surface area (Å²) in [6.07, 6.45) is 3.77. The van der Waals surface area contributed by atoms with E-state index in [1.54, 1.807) is 13.2 Å². The number of hydrogen-bond donors (Lipinski definition) is 0. The summed E-state index contributed by atoms with van der Waals surface area (Å²) >= 11 is 1.38. The van der Waals surface area contributed by atoms with Crippen LogP contribution in [-0.4, -0.2) is 38.4 Å². The van der Waals surface area contributed by atoms with Crippen LogP contribution < -0.4 is 13.7 Å². The maximum atomic E-state index is 6.16. The van der Waals surface area contributed by atoms with Crippen LogP contribution >= 0.6 is 12.0 Å². The molecule has 3 aliphatic heterocycles. The van der Waals surface area contributed by atoms with Crippen LogP contribution in [0.5, 0.6) is 17.2 Å². The molecule has 0 radical (unpaired) electrons. The van der Waals surface area contributed by atoms with Crippen LogP contribution in [0.2, 0.25) is 0 Å². The minimum Gasteiger partial charge on any atom is -0.497 e. The summed E-state index contributed by atoms with van der Waals surface area (Å²) < 4.78 is 27.9. The monoisotopic (exact) mass is 659 g/mol. The number of fused-ring (bicyclic) bond motifs is 4. The lowest BCUT2D eigenvalue weighted by Gasteiger charge is -2.41. The Bertz CT molecular complexity index is 1480. The summed E-state index contributed by atoms with van der Waals surface area (Å²) in [6.45, 7) is 24.9. The first-order valence-corrected chi connectivity index (χ1v) is 17.3. The van der Waals surface area contributed by atoms with Gasteiger partial charge in [-0.1, -0.05) is 62.4 Å². The van der Waals surface area contributed by atoms with Gasteiger partial charge in [-0.25, -0.2) is 0 Å². The van der Waals surface area contributed by atoms with Crippen LogP contribution in [0.15, 0.2) is 95.8 Å². The largest absolute Gasteiger partial charge is 0.497 e. The Morgan fingerprint density at radius 2 is 1.57 bits per heavy atom. The summed E-state index contributed by atoms with van der Waals surface area (Å²) in [4.78, 5) is 3.67. The molecule has 47 heavy (non-hydrogen) atoms. The van der Waals surface area contributed by atoms with Crippen molar-refractivity contribution < 1.29 is 23.1 Å². The van der Waals surface area contributed by atoms with Crippen LogP contribution in [0.1, 0.15) is 75.4 Å². The molecule has 7 heteroatoms. The van der Waals surface area contributed by atoms with Gasteiger partial charge in [-0.3, -0.25) is 4.90 Å². The Morgan fingerprint density at radius 1 is 0.936 bits per heavy atom. The molecule has 0 bridgehead atoms. The molecular weight excluding hydrogens is 607 g/mol. The van der Waals surface area contributed by atoms with E-state index in [2.05, 4.69) is 79.6 Å². The number of aryl methyl sites for hydroxylation is 1. The van der Waals surface area contributed by atoms with E-state index in [0.717, 1.165) is 65.2 Å². The van der Waals surface area contributed by atoms with Gasteiger partial charge < -0.3 is 23.1 Å². The average molecular weight is 660 g/mol. The highest BCUT2D eigenvalue weighted by Gasteiger charge is 2.33. The Balaban J connectivity index is 0.000000334. The first-order valence-electron chi connectivity index (χ1n) is 16.5. The number of benzene rings is 3.